The maximum absolute atomic E-state index is 10.7. The number of hydrogen-bond acceptors (Lipinski definition) is 2. The lowest BCUT2D eigenvalue weighted by Crippen LogP contribution is -2.05. The van der Waals surface area contributed by atoms with Gasteiger partial charge in [0.2, 0.25) is 5.91 Å². The second-order valence-electron chi connectivity index (χ2n) is 2.96. The molecule has 1 amide bonds. The molecule has 1 radical (unpaired) electrons. The summed E-state index contributed by atoms with van der Waals surface area (Å²) in [6, 6.07) is 9.34. The van der Waals surface area contributed by atoms with Gasteiger partial charge >= 0.3 is 0 Å². The molecule has 1 heterocycles. The number of nitrogens with zero attached hydrogens (tertiary/aromatic N) is 1. The Balaban J connectivity index is 2.46. The first-order chi connectivity index (χ1) is 6.75. The highest BCUT2D eigenvalue weighted by Crippen LogP contribution is 2.16. The van der Waals surface area contributed by atoms with E-state index in [0.717, 1.165) is 16.6 Å². The second-order valence-corrected chi connectivity index (χ2v) is 2.96. The summed E-state index contributed by atoms with van der Waals surface area (Å²) >= 11 is 0. The summed E-state index contributed by atoms with van der Waals surface area (Å²) in [7, 11) is 0. The van der Waals surface area contributed by atoms with E-state index in [1.54, 1.807) is 12.3 Å². The number of carbonyl (C=O) groups excluding carboxylic acids is 1. The first-order valence-electron chi connectivity index (χ1n) is 4.23. The van der Waals surface area contributed by atoms with Crippen LogP contribution in [0.15, 0.2) is 36.5 Å². The van der Waals surface area contributed by atoms with Crippen molar-refractivity contribution in [1.82, 2.24) is 4.98 Å². The number of hydrogen-bond donors (Lipinski definition) is 1. The van der Waals surface area contributed by atoms with E-state index in [1.165, 1.54) is 0 Å². The number of rotatable bonds is 1. The lowest BCUT2D eigenvalue weighted by atomic mass is 10.2. The highest BCUT2D eigenvalue weighted by Gasteiger charge is 1.97. The van der Waals surface area contributed by atoms with Crippen LogP contribution in [0.3, 0.4) is 0 Å². The minimum Gasteiger partial charge on any atom is -0.326 e. The number of benzene rings is 1. The second kappa shape index (κ2) is 3.46. The van der Waals surface area contributed by atoms with E-state index >= 15 is 0 Å². The van der Waals surface area contributed by atoms with Gasteiger partial charge in [0.1, 0.15) is 0 Å². The number of pyridine rings is 1. The maximum atomic E-state index is 10.7. The van der Waals surface area contributed by atoms with Crippen molar-refractivity contribution in [3.8, 4) is 0 Å². The highest BCUT2D eigenvalue weighted by molar-refractivity contribution is 5.95. The fourth-order valence-electron chi connectivity index (χ4n) is 1.31. The van der Waals surface area contributed by atoms with Gasteiger partial charge in [0.05, 0.1) is 5.52 Å². The summed E-state index contributed by atoms with van der Waals surface area (Å²) < 4.78 is 0. The zero-order valence-electron chi connectivity index (χ0n) is 7.53. The van der Waals surface area contributed by atoms with Crippen LogP contribution in [0.25, 0.3) is 10.9 Å². The van der Waals surface area contributed by atoms with Crippen LogP contribution in [0.2, 0.25) is 0 Å². The van der Waals surface area contributed by atoms with Gasteiger partial charge in [-0.25, -0.2) is 0 Å². The average Bonchev–Trinajstić information content (AvgIpc) is 2.17. The molecule has 0 unspecified atom stereocenters. The van der Waals surface area contributed by atoms with Gasteiger partial charge < -0.3 is 5.32 Å². The fraction of sp³-hybridized carbons (Fsp3) is 0. The van der Waals surface area contributed by atoms with E-state index in [9.17, 15) is 4.79 Å². The molecule has 2 rings (SSSR count). The quantitative estimate of drug-likeness (QED) is 0.738. The Hall–Kier alpha value is -1.90. The molecule has 0 aliphatic rings. The van der Waals surface area contributed by atoms with Crippen molar-refractivity contribution in [2.75, 3.05) is 5.32 Å². The van der Waals surface area contributed by atoms with Crippen LogP contribution in [-0.4, -0.2) is 10.9 Å². The maximum Gasteiger partial charge on any atom is 0.224 e. The Morgan fingerprint density at radius 1 is 1.36 bits per heavy atom. The predicted molar refractivity (Wildman–Crippen MR) is 55.7 cm³/mol. The lowest BCUT2D eigenvalue weighted by molar-refractivity contribution is -0.112. The number of aromatic nitrogens is 1. The van der Waals surface area contributed by atoms with E-state index in [-0.39, 0.29) is 5.91 Å². The topological polar surface area (TPSA) is 42.0 Å². The van der Waals surface area contributed by atoms with Gasteiger partial charge in [-0.15, -0.1) is 0 Å². The van der Waals surface area contributed by atoms with Gasteiger partial charge in [-0.1, -0.05) is 6.07 Å². The SMILES string of the molecule is [CH2]C(=O)Nc1ccc2ncccc2c1. The first kappa shape index (κ1) is 8.69. The highest BCUT2D eigenvalue weighted by atomic mass is 16.1. The monoisotopic (exact) mass is 185 g/mol. The molecule has 2 aromatic rings. The van der Waals surface area contributed by atoms with Crippen LogP contribution in [0.5, 0.6) is 0 Å². The molecule has 3 heteroatoms. The van der Waals surface area contributed by atoms with Crippen molar-refractivity contribution in [2.24, 2.45) is 0 Å². The molecule has 0 fully saturated rings. The van der Waals surface area contributed by atoms with Gasteiger partial charge in [-0.2, -0.15) is 0 Å². The smallest absolute Gasteiger partial charge is 0.224 e. The van der Waals surface area contributed by atoms with Crippen molar-refractivity contribution in [3.63, 3.8) is 0 Å². The number of anilines is 1. The number of amides is 1. The third-order valence-corrected chi connectivity index (χ3v) is 1.89. The molecule has 0 saturated carbocycles. The van der Waals surface area contributed by atoms with Crippen LogP contribution < -0.4 is 5.32 Å². The molecule has 1 aromatic heterocycles. The van der Waals surface area contributed by atoms with Crippen molar-refractivity contribution in [3.05, 3.63) is 43.5 Å². The minimum atomic E-state index is -0.312. The zero-order chi connectivity index (χ0) is 9.97. The summed E-state index contributed by atoms with van der Waals surface area (Å²) in [5, 5.41) is 3.62. The van der Waals surface area contributed by atoms with E-state index in [2.05, 4.69) is 17.2 Å². The molecule has 0 spiro atoms. The largest absolute Gasteiger partial charge is 0.326 e. The molecule has 0 aliphatic carbocycles. The van der Waals surface area contributed by atoms with E-state index < -0.39 is 0 Å². The number of fused-ring (bicyclic) bond motifs is 1. The minimum absolute atomic E-state index is 0.312. The van der Waals surface area contributed by atoms with Crippen LogP contribution in [-0.2, 0) is 4.79 Å². The van der Waals surface area contributed by atoms with Crippen molar-refractivity contribution >= 4 is 22.5 Å². The number of carbonyl (C=O) groups is 1. The van der Waals surface area contributed by atoms with Gasteiger partial charge in [0.15, 0.2) is 0 Å². The third-order valence-electron chi connectivity index (χ3n) is 1.89. The molecule has 0 aliphatic heterocycles. The standard InChI is InChI=1S/C11H9N2O/c1-8(14)13-10-4-5-11-9(7-10)3-2-6-12-11/h2-7H,1H2,(H,13,14). The molecule has 0 atom stereocenters. The normalized spacial score (nSPS) is 10.1. The van der Waals surface area contributed by atoms with Crippen molar-refractivity contribution in [2.45, 2.75) is 0 Å². The van der Waals surface area contributed by atoms with Crippen molar-refractivity contribution in [1.29, 1.82) is 0 Å². The Bertz CT molecular complexity index is 479. The molecular weight excluding hydrogens is 176 g/mol. The molecular formula is C11H9N2O. The summed E-state index contributed by atoms with van der Waals surface area (Å²) in [5.41, 5.74) is 1.65. The van der Waals surface area contributed by atoms with E-state index in [4.69, 9.17) is 0 Å². The average molecular weight is 185 g/mol. The van der Waals surface area contributed by atoms with Gasteiger partial charge in [-0.3, -0.25) is 9.78 Å². The van der Waals surface area contributed by atoms with Gasteiger partial charge in [0.25, 0.3) is 0 Å². The lowest BCUT2D eigenvalue weighted by Gasteiger charge is -2.02. The fourth-order valence-corrected chi connectivity index (χ4v) is 1.31. The molecule has 0 saturated heterocycles. The Labute approximate surface area is 81.8 Å². The predicted octanol–water partition coefficient (Wildman–Crippen LogP) is 2.01. The van der Waals surface area contributed by atoms with Crippen LogP contribution >= 0.6 is 0 Å². The van der Waals surface area contributed by atoms with Crippen LogP contribution in [0.1, 0.15) is 0 Å². The Morgan fingerprint density at radius 3 is 3.00 bits per heavy atom. The first-order valence-corrected chi connectivity index (χ1v) is 4.23. The van der Waals surface area contributed by atoms with Crippen molar-refractivity contribution < 1.29 is 4.79 Å². The summed E-state index contributed by atoms with van der Waals surface area (Å²) in [6.07, 6.45) is 1.74. The van der Waals surface area contributed by atoms with Crippen LogP contribution in [0, 0.1) is 6.92 Å². The Kier molecular flexibility index (Phi) is 2.14. The summed E-state index contributed by atoms with van der Waals surface area (Å²) in [4.78, 5) is 14.9. The van der Waals surface area contributed by atoms with E-state index in [0.29, 0.717) is 0 Å². The molecule has 1 aromatic carbocycles. The zero-order valence-corrected chi connectivity index (χ0v) is 7.53. The molecule has 14 heavy (non-hydrogen) atoms. The van der Waals surface area contributed by atoms with Crippen LogP contribution in [0.4, 0.5) is 5.69 Å². The molecule has 1 N–H and O–H groups in total. The molecule has 0 bridgehead atoms. The summed E-state index contributed by atoms with van der Waals surface area (Å²) in [5.74, 6) is -0.312. The Morgan fingerprint density at radius 2 is 2.21 bits per heavy atom. The summed E-state index contributed by atoms with van der Waals surface area (Å²) in [6.45, 7) is 3.25. The molecule has 3 nitrogen and oxygen atoms in total. The van der Waals surface area contributed by atoms with E-state index in [1.807, 2.05) is 24.3 Å². The van der Waals surface area contributed by atoms with Gasteiger partial charge in [-0.05, 0) is 24.3 Å². The third kappa shape index (κ3) is 1.71. The molecule has 69 valence electrons. The number of nitrogens with one attached hydrogen (secondary N) is 1. The van der Waals surface area contributed by atoms with Gasteiger partial charge in [0, 0.05) is 24.2 Å².